The summed E-state index contributed by atoms with van der Waals surface area (Å²) in [6.07, 6.45) is 50.5. The van der Waals surface area contributed by atoms with Gasteiger partial charge < -0.3 is 19.7 Å². The van der Waals surface area contributed by atoms with Crippen molar-refractivity contribution in [1.29, 1.82) is 0 Å². The molecule has 0 rings (SSSR count). The van der Waals surface area contributed by atoms with Crippen LogP contribution < -0.4 is 5.32 Å². The van der Waals surface area contributed by atoms with E-state index in [9.17, 15) is 19.0 Å². The fraction of sp³-hybridized carbons (Fsp3) is 0.652. The Morgan fingerprint density at radius 3 is 1.54 bits per heavy atom. The van der Waals surface area contributed by atoms with Gasteiger partial charge in [0.15, 0.2) is 6.10 Å². The molecule has 9 nitrogen and oxygen atoms in total. The van der Waals surface area contributed by atoms with Gasteiger partial charge in [0.2, 0.25) is 0 Å². The van der Waals surface area contributed by atoms with Gasteiger partial charge in [0.1, 0.15) is 6.61 Å². The molecule has 2 unspecified atom stereocenters. The number of nitrogens with one attached hydrogen (secondary N) is 1. The molecular formula is C46H78NO8P. The Labute approximate surface area is 341 Å². The number of unbranched alkanes of at least 4 members (excludes halogenated alkanes) is 11. The van der Waals surface area contributed by atoms with Gasteiger partial charge in [0.05, 0.1) is 13.2 Å². The summed E-state index contributed by atoms with van der Waals surface area (Å²) in [5.41, 5.74) is 0. The number of hydrogen-bond donors (Lipinski definition) is 2. The monoisotopic (exact) mass is 804 g/mol. The minimum atomic E-state index is -4.37. The minimum Gasteiger partial charge on any atom is -0.462 e. The first-order valence-electron chi connectivity index (χ1n) is 21.5. The summed E-state index contributed by atoms with van der Waals surface area (Å²) in [5.74, 6) is -0.871. The highest BCUT2D eigenvalue weighted by Crippen LogP contribution is 2.43. The summed E-state index contributed by atoms with van der Waals surface area (Å²) in [6, 6.07) is 0. The average Bonchev–Trinajstić information content (AvgIpc) is 3.18. The third-order valence-corrected chi connectivity index (χ3v) is 9.48. The predicted octanol–water partition coefficient (Wildman–Crippen LogP) is 12.3. The van der Waals surface area contributed by atoms with Crippen molar-refractivity contribution in [3.05, 3.63) is 85.1 Å². The van der Waals surface area contributed by atoms with Gasteiger partial charge in [-0.05, 0) is 96.9 Å². The Kier molecular flexibility index (Phi) is 39.7. The smallest absolute Gasteiger partial charge is 0.462 e. The molecule has 2 atom stereocenters. The number of carbonyl (C=O) groups excluding carboxylic acids is 2. The molecule has 10 heteroatoms. The molecule has 0 aliphatic rings. The van der Waals surface area contributed by atoms with Gasteiger partial charge in [-0.1, -0.05) is 137 Å². The number of ether oxygens (including phenoxy) is 2. The van der Waals surface area contributed by atoms with E-state index in [2.05, 4.69) is 104 Å². The van der Waals surface area contributed by atoms with Gasteiger partial charge >= 0.3 is 19.8 Å². The topological polar surface area (TPSA) is 120 Å². The number of allylic oxidation sites excluding steroid dienone is 14. The van der Waals surface area contributed by atoms with Crippen LogP contribution in [-0.2, 0) is 32.7 Å². The Balaban J connectivity index is 4.34. The van der Waals surface area contributed by atoms with Crippen molar-refractivity contribution >= 4 is 19.8 Å². The van der Waals surface area contributed by atoms with Crippen LogP contribution in [0.25, 0.3) is 0 Å². The van der Waals surface area contributed by atoms with Crippen molar-refractivity contribution in [2.75, 3.05) is 33.4 Å². The number of phosphoric acid groups is 1. The number of likely N-dealkylation sites (N-methyl/N-ethyl adjacent to an activating group) is 1. The van der Waals surface area contributed by atoms with Crippen molar-refractivity contribution in [3.63, 3.8) is 0 Å². The molecule has 2 N–H and O–H groups in total. The van der Waals surface area contributed by atoms with Crippen LogP contribution in [0.2, 0.25) is 0 Å². The zero-order chi connectivity index (χ0) is 41.1. The molecule has 0 aliphatic carbocycles. The van der Waals surface area contributed by atoms with Crippen LogP contribution in [-0.4, -0.2) is 56.3 Å². The van der Waals surface area contributed by atoms with E-state index in [0.29, 0.717) is 19.4 Å². The van der Waals surface area contributed by atoms with E-state index >= 15 is 0 Å². The molecule has 0 saturated carbocycles. The van der Waals surface area contributed by atoms with E-state index in [1.807, 2.05) is 0 Å². The quantitative estimate of drug-likeness (QED) is 0.0271. The molecule has 0 aromatic carbocycles. The second kappa shape index (κ2) is 41.8. The largest absolute Gasteiger partial charge is 0.472 e. The van der Waals surface area contributed by atoms with Crippen LogP contribution in [0.4, 0.5) is 0 Å². The highest BCUT2D eigenvalue weighted by atomic mass is 31.2. The summed E-state index contributed by atoms with van der Waals surface area (Å²) in [4.78, 5) is 35.0. The SMILES string of the molecule is CC/C=C\C/C=C\C/C=C\CCCCCCCC(=O)OCC(COP(=O)(O)OCCNC)OC(=O)CCCCC/C=C\C/C=C\C/C=C\C/C=C\CCCCC. The lowest BCUT2D eigenvalue weighted by atomic mass is 10.1. The summed E-state index contributed by atoms with van der Waals surface area (Å²) in [5, 5.41) is 2.81. The van der Waals surface area contributed by atoms with Gasteiger partial charge in [-0.25, -0.2) is 4.57 Å². The van der Waals surface area contributed by atoms with Crippen LogP contribution in [0.3, 0.4) is 0 Å². The van der Waals surface area contributed by atoms with Crippen molar-refractivity contribution < 1.29 is 37.6 Å². The van der Waals surface area contributed by atoms with Gasteiger partial charge in [0.25, 0.3) is 0 Å². The number of esters is 2. The lowest BCUT2D eigenvalue weighted by Crippen LogP contribution is -2.29. The van der Waals surface area contributed by atoms with E-state index in [1.165, 1.54) is 25.7 Å². The van der Waals surface area contributed by atoms with Crippen molar-refractivity contribution in [3.8, 4) is 0 Å². The standard InChI is InChI=1S/C46H78NO8P/c1-4-6-8-10-12-14-16-18-20-21-22-23-25-27-29-31-33-35-37-39-46(49)55-44(43-54-56(50,51)53-41-40-47-3)42-52-45(48)38-36-34-32-30-28-26-24-19-17-15-13-11-9-7-5-2/h7,9,12-15,18-20,22-24,27,29,44,47H,4-6,8,10-11,16-17,21,25-26,28,30-43H2,1-3H3,(H,50,51)/b9-7-,14-12-,15-13-,20-18-,23-22-,24-19-,29-27-. The molecule has 0 spiro atoms. The van der Waals surface area contributed by atoms with Crippen molar-refractivity contribution in [2.24, 2.45) is 0 Å². The molecule has 0 bridgehead atoms. The van der Waals surface area contributed by atoms with Crippen LogP contribution in [0.1, 0.15) is 155 Å². The zero-order valence-electron chi connectivity index (χ0n) is 35.3. The zero-order valence-corrected chi connectivity index (χ0v) is 36.2. The minimum absolute atomic E-state index is 0.0312. The van der Waals surface area contributed by atoms with Crippen molar-refractivity contribution in [1.82, 2.24) is 5.32 Å². The summed E-state index contributed by atoms with van der Waals surface area (Å²) in [6.45, 7) is 4.00. The molecular weight excluding hydrogens is 725 g/mol. The summed E-state index contributed by atoms with van der Waals surface area (Å²) >= 11 is 0. The molecule has 0 saturated heterocycles. The third-order valence-electron chi connectivity index (χ3n) is 8.50. The highest BCUT2D eigenvalue weighted by Gasteiger charge is 2.26. The van der Waals surface area contributed by atoms with Gasteiger partial charge in [-0.15, -0.1) is 0 Å². The second-order valence-corrected chi connectivity index (χ2v) is 15.2. The van der Waals surface area contributed by atoms with Gasteiger partial charge in [-0.2, -0.15) is 0 Å². The predicted molar refractivity (Wildman–Crippen MR) is 233 cm³/mol. The average molecular weight is 804 g/mol. The fourth-order valence-corrected chi connectivity index (χ4v) is 6.01. The molecule has 0 aliphatic heterocycles. The normalized spacial score (nSPS) is 14.1. The van der Waals surface area contributed by atoms with Crippen LogP contribution in [0, 0.1) is 0 Å². The molecule has 0 radical (unpaired) electrons. The number of rotatable bonds is 39. The number of carbonyl (C=O) groups is 2. The molecule has 320 valence electrons. The third kappa shape index (κ3) is 40.8. The maximum Gasteiger partial charge on any atom is 0.472 e. The van der Waals surface area contributed by atoms with Crippen LogP contribution >= 0.6 is 7.82 Å². The van der Waals surface area contributed by atoms with Gasteiger partial charge in [-0.3, -0.25) is 18.6 Å². The van der Waals surface area contributed by atoms with E-state index in [4.69, 9.17) is 18.5 Å². The van der Waals surface area contributed by atoms with Gasteiger partial charge in [0, 0.05) is 19.4 Å². The van der Waals surface area contributed by atoms with E-state index in [-0.39, 0.29) is 26.1 Å². The number of phosphoric ester groups is 1. The van der Waals surface area contributed by atoms with E-state index in [1.54, 1.807) is 7.05 Å². The lowest BCUT2D eigenvalue weighted by molar-refractivity contribution is -0.161. The van der Waals surface area contributed by atoms with Crippen LogP contribution in [0.5, 0.6) is 0 Å². The Hall–Kier alpha value is -2.81. The highest BCUT2D eigenvalue weighted by molar-refractivity contribution is 7.47. The van der Waals surface area contributed by atoms with E-state index in [0.717, 1.165) is 89.9 Å². The molecule has 0 aromatic heterocycles. The maximum atomic E-state index is 12.6. The van der Waals surface area contributed by atoms with Crippen molar-refractivity contribution in [2.45, 2.75) is 161 Å². The molecule has 0 aromatic rings. The van der Waals surface area contributed by atoms with Crippen LogP contribution in [0.15, 0.2) is 85.1 Å². The molecule has 56 heavy (non-hydrogen) atoms. The first-order valence-corrected chi connectivity index (χ1v) is 23.0. The summed E-state index contributed by atoms with van der Waals surface area (Å²) < 4.78 is 33.1. The van der Waals surface area contributed by atoms with E-state index < -0.39 is 32.5 Å². The lowest BCUT2D eigenvalue weighted by Gasteiger charge is -2.20. The molecule has 0 amide bonds. The Bertz CT molecular complexity index is 1190. The maximum absolute atomic E-state index is 12.6. The first-order chi connectivity index (χ1) is 27.3. The molecule has 0 heterocycles. The second-order valence-electron chi connectivity index (χ2n) is 13.8. The first kappa shape index (κ1) is 53.2. The Morgan fingerprint density at radius 1 is 0.571 bits per heavy atom. The summed E-state index contributed by atoms with van der Waals surface area (Å²) in [7, 11) is -2.68. The molecule has 0 fully saturated rings. The Morgan fingerprint density at radius 2 is 1.02 bits per heavy atom. The fourth-order valence-electron chi connectivity index (χ4n) is 5.25. The number of hydrogen-bond acceptors (Lipinski definition) is 8.